The maximum Gasteiger partial charge on any atom is 0.373 e. The van der Waals surface area contributed by atoms with Crippen molar-refractivity contribution in [3.05, 3.63) is 23.7 Å². The Bertz CT molecular complexity index is 395. The van der Waals surface area contributed by atoms with Gasteiger partial charge in [-0.15, -0.1) is 0 Å². The average Bonchev–Trinajstić information content (AvgIpc) is 2.86. The molecular formula is C13H20N2O3. The number of furan rings is 1. The van der Waals surface area contributed by atoms with Crippen molar-refractivity contribution in [3.8, 4) is 0 Å². The maximum atomic E-state index is 11.2. The van der Waals surface area contributed by atoms with E-state index in [4.69, 9.17) is 10.2 Å². The quantitative estimate of drug-likeness (QED) is 0.793. The minimum absolute atomic E-state index is 0.250. The Balaban J connectivity index is 1.79. The summed E-state index contributed by atoms with van der Waals surface area (Å²) < 4.78 is 9.98. The molecule has 1 fully saturated rings. The molecule has 100 valence electrons. The zero-order valence-electron chi connectivity index (χ0n) is 10.6. The highest BCUT2D eigenvalue weighted by molar-refractivity contribution is 5.86. The lowest BCUT2D eigenvalue weighted by Gasteiger charge is -2.26. The Kier molecular flexibility index (Phi) is 4.38. The molecule has 0 saturated heterocycles. The van der Waals surface area contributed by atoms with E-state index in [-0.39, 0.29) is 5.76 Å². The van der Waals surface area contributed by atoms with Crippen molar-refractivity contribution in [2.75, 3.05) is 7.11 Å². The second kappa shape index (κ2) is 6.02. The van der Waals surface area contributed by atoms with Crippen LogP contribution in [-0.2, 0) is 11.3 Å². The van der Waals surface area contributed by atoms with E-state index in [9.17, 15) is 4.79 Å². The first-order valence-electron chi connectivity index (χ1n) is 6.35. The minimum Gasteiger partial charge on any atom is -0.463 e. The molecule has 5 heteroatoms. The molecule has 1 aromatic rings. The number of rotatable bonds is 4. The topological polar surface area (TPSA) is 77.5 Å². The zero-order valence-corrected chi connectivity index (χ0v) is 10.6. The van der Waals surface area contributed by atoms with Crippen molar-refractivity contribution in [1.29, 1.82) is 0 Å². The fraction of sp³-hybridized carbons (Fsp3) is 0.615. The third kappa shape index (κ3) is 3.34. The number of esters is 1. The predicted octanol–water partition coefficient (Wildman–Crippen LogP) is 1.43. The van der Waals surface area contributed by atoms with Crippen LogP contribution in [0.5, 0.6) is 0 Å². The van der Waals surface area contributed by atoms with Crippen LogP contribution in [0.15, 0.2) is 16.5 Å². The fourth-order valence-corrected chi connectivity index (χ4v) is 2.25. The number of nitrogens with one attached hydrogen (secondary N) is 1. The number of nitrogens with two attached hydrogens (primary N) is 1. The number of carbonyl (C=O) groups is 1. The molecule has 0 bridgehead atoms. The summed E-state index contributed by atoms with van der Waals surface area (Å²) in [7, 11) is 1.34. The van der Waals surface area contributed by atoms with Crippen LogP contribution in [0.4, 0.5) is 0 Å². The first kappa shape index (κ1) is 13.1. The van der Waals surface area contributed by atoms with Crippen LogP contribution >= 0.6 is 0 Å². The van der Waals surface area contributed by atoms with Crippen LogP contribution in [0.2, 0.25) is 0 Å². The molecule has 0 radical (unpaired) electrons. The predicted molar refractivity (Wildman–Crippen MR) is 67.1 cm³/mol. The monoisotopic (exact) mass is 252 g/mol. The summed E-state index contributed by atoms with van der Waals surface area (Å²) in [6.07, 6.45) is 4.35. The van der Waals surface area contributed by atoms with Gasteiger partial charge in [0.25, 0.3) is 0 Å². The lowest BCUT2D eigenvalue weighted by atomic mass is 9.92. The number of carbonyl (C=O) groups excluding carboxylic acids is 1. The number of hydrogen-bond donors (Lipinski definition) is 2. The lowest BCUT2D eigenvalue weighted by molar-refractivity contribution is 0.0562. The second-order valence-corrected chi connectivity index (χ2v) is 4.75. The smallest absolute Gasteiger partial charge is 0.373 e. The molecule has 0 aromatic carbocycles. The van der Waals surface area contributed by atoms with Crippen LogP contribution in [0.1, 0.15) is 42.0 Å². The third-order valence-corrected chi connectivity index (χ3v) is 3.39. The summed E-state index contributed by atoms with van der Waals surface area (Å²) in [5.41, 5.74) is 5.86. The standard InChI is InChI=1S/C13H20N2O3/c1-17-13(16)12-7-6-11(18-12)8-15-10-4-2-9(14)3-5-10/h6-7,9-10,15H,2-5,8,14H2,1H3. The van der Waals surface area contributed by atoms with Gasteiger partial charge < -0.3 is 20.2 Å². The maximum absolute atomic E-state index is 11.2. The Hall–Kier alpha value is -1.33. The van der Waals surface area contributed by atoms with Crippen LogP contribution in [0.3, 0.4) is 0 Å². The highest BCUT2D eigenvalue weighted by Crippen LogP contribution is 2.17. The highest BCUT2D eigenvalue weighted by atomic mass is 16.5. The van der Waals surface area contributed by atoms with Crippen molar-refractivity contribution in [3.63, 3.8) is 0 Å². The molecule has 3 N–H and O–H groups in total. The SMILES string of the molecule is COC(=O)c1ccc(CNC2CCC(N)CC2)o1. The molecule has 2 rings (SSSR count). The van der Waals surface area contributed by atoms with Crippen LogP contribution in [0, 0.1) is 0 Å². The first-order valence-corrected chi connectivity index (χ1v) is 6.35. The van der Waals surface area contributed by atoms with Crippen LogP contribution in [-0.4, -0.2) is 25.2 Å². The fourth-order valence-electron chi connectivity index (χ4n) is 2.25. The molecule has 1 heterocycles. The van der Waals surface area contributed by atoms with Gasteiger partial charge in [-0.05, 0) is 37.8 Å². The van der Waals surface area contributed by atoms with Crippen LogP contribution in [0.25, 0.3) is 0 Å². The van der Waals surface area contributed by atoms with Gasteiger partial charge in [-0.1, -0.05) is 0 Å². The van der Waals surface area contributed by atoms with Gasteiger partial charge >= 0.3 is 5.97 Å². The van der Waals surface area contributed by atoms with Gasteiger partial charge in [0.1, 0.15) is 5.76 Å². The molecule has 1 aliphatic carbocycles. The van der Waals surface area contributed by atoms with Crippen molar-refractivity contribution >= 4 is 5.97 Å². The summed E-state index contributed by atoms with van der Waals surface area (Å²) in [5, 5.41) is 3.43. The summed E-state index contributed by atoms with van der Waals surface area (Å²) in [5.74, 6) is 0.565. The molecule has 0 amide bonds. The van der Waals surface area contributed by atoms with Gasteiger partial charge in [0.15, 0.2) is 0 Å². The van der Waals surface area contributed by atoms with Crippen molar-refractivity contribution in [2.45, 2.75) is 44.3 Å². The molecule has 0 spiro atoms. The lowest BCUT2D eigenvalue weighted by Crippen LogP contribution is -2.36. The molecule has 0 atom stereocenters. The van der Waals surface area contributed by atoms with Crippen molar-refractivity contribution in [2.24, 2.45) is 5.73 Å². The summed E-state index contributed by atoms with van der Waals surface area (Å²) in [6.45, 7) is 0.636. The number of hydrogen-bond acceptors (Lipinski definition) is 5. The minimum atomic E-state index is -0.440. The Labute approximate surface area is 107 Å². The molecule has 0 unspecified atom stereocenters. The normalized spacial score (nSPS) is 23.9. The van der Waals surface area contributed by atoms with Gasteiger partial charge in [0, 0.05) is 12.1 Å². The molecule has 18 heavy (non-hydrogen) atoms. The first-order chi connectivity index (χ1) is 8.69. The van der Waals surface area contributed by atoms with Crippen molar-refractivity contribution < 1.29 is 13.9 Å². The van der Waals surface area contributed by atoms with E-state index >= 15 is 0 Å². The third-order valence-electron chi connectivity index (χ3n) is 3.39. The molecule has 5 nitrogen and oxygen atoms in total. The number of ether oxygens (including phenoxy) is 1. The van der Waals surface area contributed by atoms with E-state index in [0.29, 0.717) is 18.6 Å². The Morgan fingerprint density at radius 3 is 2.83 bits per heavy atom. The molecule has 1 saturated carbocycles. The van der Waals surface area contributed by atoms with Crippen LogP contribution < -0.4 is 11.1 Å². The molecule has 1 aliphatic rings. The van der Waals surface area contributed by atoms with E-state index in [1.165, 1.54) is 7.11 Å². The zero-order chi connectivity index (χ0) is 13.0. The molecular weight excluding hydrogens is 232 g/mol. The second-order valence-electron chi connectivity index (χ2n) is 4.75. The van der Waals surface area contributed by atoms with E-state index in [1.54, 1.807) is 12.1 Å². The Morgan fingerprint density at radius 1 is 1.44 bits per heavy atom. The van der Waals surface area contributed by atoms with E-state index in [1.807, 2.05) is 0 Å². The van der Waals surface area contributed by atoms with Gasteiger partial charge in [0.05, 0.1) is 13.7 Å². The number of methoxy groups -OCH3 is 1. The van der Waals surface area contributed by atoms with Gasteiger partial charge in [-0.2, -0.15) is 0 Å². The molecule has 0 aliphatic heterocycles. The average molecular weight is 252 g/mol. The Morgan fingerprint density at radius 2 is 2.17 bits per heavy atom. The summed E-state index contributed by atoms with van der Waals surface area (Å²) >= 11 is 0. The largest absolute Gasteiger partial charge is 0.463 e. The van der Waals surface area contributed by atoms with E-state index < -0.39 is 5.97 Å². The van der Waals surface area contributed by atoms with Gasteiger partial charge in [0.2, 0.25) is 5.76 Å². The molecule has 1 aromatic heterocycles. The summed E-state index contributed by atoms with van der Waals surface area (Å²) in [6, 6.07) is 4.29. The van der Waals surface area contributed by atoms with Gasteiger partial charge in [-0.3, -0.25) is 0 Å². The van der Waals surface area contributed by atoms with Crippen molar-refractivity contribution in [1.82, 2.24) is 5.32 Å². The van der Waals surface area contributed by atoms with E-state index in [0.717, 1.165) is 31.4 Å². The highest BCUT2D eigenvalue weighted by Gasteiger charge is 2.18. The van der Waals surface area contributed by atoms with E-state index in [2.05, 4.69) is 10.1 Å². The van der Waals surface area contributed by atoms with Gasteiger partial charge in [-0.25, -0.2) is 4.79 Å². The summed E-state index contributed by atoms with van der Waals surface area (Å²) in [4.78, 5) is 11.2.